The summed E-state index contributed by atoms with van der Waals surface area (Å²) < 4.78 is 13.1. The number of halogens is 2. The second-order valence-electron chi connectivity index (χ2n) is 4.02. The Hall–Kier alpha value is -0.600. The number of benzene rings is 1. The van der Waals surface area contributed by atoms with Crippen molar-refractivity contribution in [1.82, 2.24) is 5.32 Å². The van der Waals surface area contributed by atoms with Gasteiger partial charge in [-0.1, -0.05) is 44.4 Å². The summed E-state index contributed by atoms with van der Waals surface area (Å²) in [6.45, 7) is 4.34. The maximum absolute atomic E-state index is 13.1. The number of hydrogen-bond donors (Lipinski definition) is 1. The van der Waals surface area contributed by atoms with Crippen LogP contribution >= 0.6 is 11.6 Å². The van der Waals surface area contributed by atoms with Gasteiger partial charge < -0.3 is 5.32 Å². The smallest absolute Gasteiger partial charge is 0.141 e. The van der Waals surface area contributed by atoms with Crippen molar-refractivity contribution >= 4 is 11.6 Å². The zero-order chi connectivity index (χ0) is 12.1. The summed E-state index contributed by atoms with van der Waals surface area (Å²) in [4.78, 5) is 0. The standard InChI is InChI=1S/C13H19ClFN/c1-4-9(5-2)13(16-3)10-6-7-12(15)11(14)8-10/h6-9,13,16H,4-5H2,1-3H3. The fraction of sp³-hybridized carbons (Fsp3) is 0.538. The molecule has 0 aliphatic rings. The molecule has 1 unspecified atom stereocenters. The van der Waals surface area contributed by atoms with Crippen molar-refractivity contribution in [2.45, 2.75) is 32.7 Å². The van der Waals surface area contributed by atoms with Gasteiger partial charge in [-0.3, -0.25) is 0 Å². The Morgan fingerprint density at radius 2 is 1.94 bits per heavy atom. The topological polar surface area (TPSA) is 12.0 Å². The Morgan fingerprint density at radius 3 is 2.38 bits per heavy atom. The second-order valence-corrected chi connectivity index (χ2v) is 4.42. The van der Waals surface area contributed by atoms with Gasteiger partial charge in [0.05, 0.1) is 5.02 Å². The van der Waals surface area contributed by atoms with E-state index in [2.05, 4.69) is 19.2 Å². The van der Waals surface area contributed by atoms with Gasteiger partial charge in [-0.25, -0.2) is 4.39 Å². The van der Waals surface area contributed by atoms with Crippen LogP contribution in [0.5, 0.6) is 0 Å². The lowest BCUT2D eigenvalue weighted by atomic mass is 9.89. The van der Waals surface area contributed by atoms with E-state index < -0.39 is 0 Å². The minimum atomic E-state index is -0.357. The second kappa shape index (κ2) is 6.21. The molecule has 16 heavy (non-hydrogen) atoms. The van der Waals surface area contributed by atoms with E-state index in [0.717, 1.165) is 18.4 Å². The summed E-state index contributed by atoms with van der Waals surface area (Å²) in [5.41, 5.74) is 1.06. The summed E-state index contributed by atoms with van der Waals surface area (Å²) in [5, 5.41) is 3.48. The Morgan fingerprint density at radius 1 is 1.31 bits per heavy atom. The number of hydrogen-bond acceptors (Lipinski definition) is 1. The van der Waals surface area contributed by atoms with Crippen LogP contribution in [0.2, 0.25) is 5.02 Å². The SMILES string of the molecule is CCC(CC)C(NC)c1ccc(F)c(Cl)c1. The van der Waals surface area contributed by atoms with Gasteiger partial charge in [0.2, 0.25) is 0 Å². The zero-order valence-electron chi connectivity index (χ0n) is 10.1. The minimum Gasteiger partial charge on any atom is -0.313 e. The van der Waals surface area contributed by atoms with Gasteiger partial charge in [0.1, 0.15) is 5.82 Å². The first-order valence-electron chi connectivity index (χ1n) is 5.76. The van der Waals surface area contributed by atoms with Crippen LogP contribution in [0.25, 0.3) is 0 Å². The van der Waals surface area contributed by atoms with Crippen LogP contribution in [0.3, 0.4) is 0 Å². The highest BCUT2D eigenvalue weighted by Gasteiger charge is 2.19. The van der Waals surface area contributed by atoms with Crippen LogP contribution < -0.4 is 5.32 Å². The average Bonchev–Trinajstić information content (AvgIpc) is 2.29. The van der Waals surface area contributed by atoms with Crippen molar-refractivity contribution in [2.75, 3.05) is 7.05 Å². The number of rotatable bonds is 5. The predicted octanol–water partition coefficient (Wildman–Crippen LogP) is 4.18. The van der Waals surface area contributed by atoms with Gasteiger partial charge in [-0.15, -0.1) is 0 Å². The molecule has 0 spiro atoms. The molecule has 90 valence electrons. The normalized spacial score (nSPS) is 13.1. The molecule has 0 aliphatic heterocycles. The molecule has 1 aromatic rings. The Bertz CT molecular complexity index is 337. The highest BCUT2D eigenvalue weighted by atomic mass is 35.5. The largest absolute Gasteiger partial charge is 0.313 e. The first kappa shape index (κ1) is 13.5. The fourth-order valence-electron chi connectivity index (χ4n) is 2.14. The molecular weight excluding hydrogens is 225 g/mol. The van der Waals surface area contributed by atoms with Gasteiger partial charge in [-0.2, -0.15) is 0 Å². The molecule has 0 fully saturated rings. The lowest BCUT2D eigenvalue weighted by Gasteiger charge is -2.25. The minimum absolute atomic E-state index is 0.198. The Balaban J connectivity index is 2.98. The van der Waals surface area contributed by atoms with E-state index in [0.29, 0.717) is 5.92 Å². The van der Waals surface area contributed by atoms with Gasteiger partial charge >= 0.3 is 0 Å². The van der Waals surface area contributed by atoms with E-state index >= 15 is 0 Å². The van der Waals surface area contributed by atoms with Crippen molar-refractivity contribution in [3.63, 3.8) is 0 Å². The molecular formula is C13H19ClFN. The highest BCUT2D eigenvalue weighted by molar-refractivity contribution is 6.30. The van der Waals surface area contributed by atoms with E-state index in [1.54, 1.807) is 12.1 Å². The molecule has 1 aromatic carbocycles. The molecule has 1 N–H and O–H groups in total. The monoisotopic (exact) mass is 243 g/mol. The van der Waals surface area contributed by atoms with Crippen molar-refractivity contribution in [3.05, 3.63) is 34.6 Å². The lowest BCUT2D eigenvalue weighted by molar-refractivity contribution is 0.359. The fourth-order valence-corrected chi connectivity index (χ4v) is 2.33. The summed E-state index contributed by atoms with van der Waals surface area (Å²) in [5.74, 6) is 0.191. The molecule has 0 aliphatic carbocycles. The van der Waals surface area contributed by atoms with Crippen molar-refractivity contribution in [1.29, 1.82) is 0 Å². The van der Waals surface area contributed by atoms with Crippen LogP contribution in [-0.4, -0.2) is 7.05 Å². The Kier molecular flexibility index (Phi) is 5.23. The van der Waals surface area contributed by atoms with E-state index in [-0.39, 0.29) is 16.9 Å². The average molecular weight is 244 g/mol. The van der Waals surface area contributed by atoms with Crippen molar-refractivity contribution in [3.8, 4) is 0 Å². The highest BCUT2D eigenvalue weighted by Crippen LogP contribution is 2.29. The van der Waals surface area contributed by atoms with Gasteiger partial charge in [0, 0.05) is 6.04 Å². The molecule has 0 amide bonds. The maximum atomic E-state index is 13.1. The number of nitrogens with one attached hydrogen (secondary N) is 1. The van der Waals surface area contributed by atoms with Gasteiger partial charge in [0.25, 0.3) is 0 Å². The van der Waals surface area contributed by atoms with Crippen LogP contribution in [0.15, 0.2) is 18.2 Å². The van der Waals surface area contributed by atoms with E-state index in [1.807, 2.05) is 7.05 Å². The van der Waals surface area contributed by atoms with E-state index in [1.165, 1.54) is 6.07 Å². The molecule has 1 rings (SSSR count). The lowest BCUT2D eigenvalue weighted by Crippen LogP contribution is -2.24. The van der Waals surface area contributed by atoms with Crippen molar-refractivity contribution in [2.24, 2.45) is 5.92 Å². The summed E-state index contributed by atoms with van der Waals surface area (Å²) in [6, 6.07) is 5.20. The molecule has 1 nitrogen and oxygen atoms in total. The molecule has 0 aromatic heterocycles. The summed E-state index contributed by atoms with van der Waals surface area (Å²) in [7, 11) is 1.93. The molecule has 0 saturated heterocycles. The van der Waals surface area contributed by atoms with Crippen LogP contribution in [0.4, 0.5) is 4.39 Å². The van der Waals surface area contributed by atoms with E-state index in [4.69, 9.17) is 11.6 Å². The molecule has 3 heteroatoms. The summed E-state index contributed by atoms with van der Waals surface area (Å²) in [6.07, 6.45) is 2.19. The summed E-state index contributed by atoms with van der Waals surface area (Å²) >= 11 is 5.80. The van der Waals surface area contributed by atoms with Gasteiger partial charge in [-0.05, 0) is 30.7 Å². The Labute approximate surface area is 102 Å². The quantitative estimate of drug-likeness (QED) is 0.818. The first-order chi connectivity index (χ1) is 7.63. The predicted molar refractivity (Wildman–Crippen MR) is 67.3 cm³/mol. The molecule has 0 radical (unpaired) electrons. The molecule has 0 saturated carbocycles. The first-order valence-corrected chi connectivity index (χ1v) is 6.14. The van der Waals surface area contributed by atoms with Crippen LogP contribution in [-0.2, 0) is 0 Å². The third-order valence-electron chi connectivity index (χ3n) is 3.13. The third-order valence-corrected chi connectivity index (χ3v) is 3.42. The molecule has 0 heterocycles. The third kappa shape index (κ3) is 2.96. The van der Waals surface area contributed by atoms with E-state index in [9.17, 15) is 4.39 Å². The maximum Gasteiger partial charge on any atom is 0.141 e. The van der Waals surface area contributed by atoms with Crippen LogP contribution in [0, 0.1) is 11.7 Å². The van der Waals surface area contributed by atoms with Crippen LogP contribution in [0.1, 0.15) is 38.3 Å². The zero-order valence-corrected chi connectivity index (χ0v) is 10.8. The molecule has 1 atom stereocenters. The molecule has 0 bridgehead atoms. The van der Waals surface area contributed by atoms with Gasteiger partial charge in [0.15, 0.2) is 0 Å². The van der Waals surface area contributed by atoms with Crippen molar-refractivity contribution < 1.29 is 4.39 Å².